The smallest absolute Gasteiger partial charge is 0.166 e. The SMILES string of the molecule is CC(C)CN1CC(F)NCC1F. The Morgan fingerprint density at radius 3 is 2.75 bits per heavy atom. The summed E-state index contributed by atoms with van der Waals surface area (Å²) in [5, 5.41) is 2.45. The Bertz CT molecular complexity index is 139. The first-order valence-corrected chi connectivity index (χ1v) is 4.35. The Morgan fingerprint density at radius 1 is 1.50 bits per heavy atom. The van der Waals surface area contributed by atoms with Crippen molar-refractivity contribution in [2.24, 2.45) is 5.92 Å². The average molecular weight is 178 g/mol. The van der Waals surface area contributed by atoms with E-state index < -0.39 is 12.6 Å². The highest BCUT2D eigenvalue weighted by Crippen LogP contribution is 2.11. The highest BCUT2D eigenvalue weighted by Gasteiger charge is 2.27. The number of alkyl halides is 2. The third-order valence-electron chi connectivity index (χ3n) is 1.90. The zero-order valence-corrected chi connectivity index (χ0v) is 7.56. The monoisotopic (exact) mass is 178 g/mol. The number of hydrogen-bond acceptors (Lipinski definition) is 2. The van der Waals surface area contributed by atoms with Gasteiger partial charge in [-0.25, -0.2) is 8.78 Å². The van der Waals surface area contributed by atoms with E-state index in [0.717, 1.165) is 0 Å². The van der Waals surface area contributed by atoms with E-state index in [0.29, 0.717) is 12.5 Å². The lowest BCUT2D eigenvalue weighted by atomic mass is 10.2. The van der Waals surface area contributed by atoms with Gasteiger partial charge in [0.1, 0.15) is 0 Å². The van der Waals surface area contributed by atoms with Gasteiger partial charge < -0.3 is 0 Å². The summed E-state index contributed by atoms with van der Waals surface area (Å²) in [5.41, 5.74) is 0. The van der Waals surface area contributed by atoms with Crippen molar-refractivity contribution < 1.29 is 8.78 Å². The van der Waals surface area contributed by atoms with E-state index in [9.17, 15) is 8.78 Å². The number of hydrogen-bond donors (Lipinski definition) is 1. The molecule has 0 amide bonds. The van der Waals surface area contributed by atoms with Gasteiger partial charge in [-0.05, 0) is 5.92 Å². The van der Waals surface area contributed by atoms with E-state index in [1.807, 2.05) is 13.8 Å². The normalized spacial score (nSPS) is 32.8. The highest BCUT2D eigenvalue weighted by molar-refractivity contribution is 4.75. The number of piperazine rings is 1. The maximum Gasteiger partial charge on any atom is 0.166 e. The van der Waals surface area contributed by atoms with E-state index in [2.05, 4.69) is 5.32 Å². The minimum atomic E-state index is -1.07. The Kier molecular flexibility index (Phi) is 3.40. The molecule has 0 spiro atoms. The maximum atomic E-state index is 13.1. The summed E-state index contributed by atoms with van der Waals surface area (Å²) in [6, 6.07) is 0. The van der Waals surface area contributed by atoms with Gasteiger partial charge in [-0.2, -0.15) is 0 Å². The van der Waals surface area contributed by atoms with Crippen LogP contribution >= 0.6 is 0 Å². The number of nitrogens with zero attached hydrogens (tertiary/aromatic N) is 1. The third kappa shape index (κ3) is 2.68. The van der Waals surface area contributed by atoms with Crippen LogP contribution in [0.1, 0.15) is 13.8 Å². The topological polar surface area (TPSA) is 15.3 Å². The minimum Gasteiger partial charge on any atom is -0.282 e. The molecule has 1 aliphatic heterocycles. The van der Waals surface area contributed by atoms with Crippen LogP contribution in [0.3, 0.4) is 0 Å². The van der Waals surface area contributed by atoms with Crippen LogP contribution in [0.5, 0.6) is 0 Å². The van der Waals surface area contributed by atoms with Crippen LogP contribution in [0.2, 0.25) is 0 Å². The zero-order valence-electron chi connectivity index (χ0n) is 7.56. The molecule has 1 fully saturated rings. The Morgan fingerprint density at radius 2 is 2.17 bits per heavy atom. The lowest BCUT2D eigenvalue weighted by molar-refractivity contribution is 0.000909. The molecule has 1 heterocycles. The maximum absolute atomic E-state index is 13.1. The van der Waals surface area contributed by atoms with Gasteiger partial charge in [-0.15, -0.1) is 0 Å². The second kappa shape index (κ2) is 4.14. The van der Waals surface area contributed by atoms with Crippen molar-refractivity contribution in [1.29, 1.82) is 0 Å². The zero-order chi connectivity index (χ0) is 9.14. The van der Waals surface area contributed by atoms with Crippen molar-refractivity contribution in [3.63, 3.8) is 0 Å². The molecule has 1 N–H and O–H groups in total. The molecule has 4 heteroatoms. The molecule has 1 rings (SSSR count). The van der Waals surface area contributed by atoms with Crippen LogP contribution in [0, 0.1) is 5.92 Å². The molecule has 0 saturated carbocycles. The molecular formula is C8H16F2N2. The Balaban J connectivity index is 2.38. The van der Waals surface area contributed by atoms with Crippen molar-refractivity contribution in [1.82, 2.24) is 10.2 Å². The second-order valence-corrected chi connectivity index (χ2v) is 3.66. The fourth-order valence-corrected chi connectivity index (χ4v) is 1.40. The van der Waals surface area contributed by atoms with Gasteiger partial charge in [0.25, 0.3) is 0 Å². The fraction of sp³-hybridized carbons (Fsp3) is 1.00. The molecule has 2 atom stereocenters. The lowest BCUT2D eigenvalue weighted by Crippen LogP contribution is -2.53. The van der Waals surface area contributed by atoms with Gasteiger partial charge in [-0.3, -0.25) is 10.2 Å². The van der Waals surface area contributed by atoms with Crippen molar-refractivity contribution >= 4 is 0 Å². The summed E-state index contributed by atoms with van der Waals surface area (Å²) in [6.07, 6.45) is -2.10. The molecule has 12 heavy (non-hydrogen) atoms. The predicted molar refractivity (Wildman–Crippen MR) is 44.2 cm³/mol. The van der Waals surface area contributed by atoms with Gasteiger partial charge in [0.05, 0.1) is 0 Å². The summed E-state index contributed by atoms with van der Waals surface area (Å²) < 4.78 is 25.8. The molecule has 0 aliphatic carbocycles. The molecule has 0 aromatic heterocycles. The highest BCUT2D eigenvalue weighted by atomic mass is 19.1. The first-order chi connectivity index (χ1) is 5.59. The minimum absolute atomic E-state index is 0.105. The third-order valence-corrected chi connectivity index (χ3v) is 1.90. The standard InChI is InChI=1S/C8H16F2N2/c1-6(2)4-12-5-7(9)11-3-8(12)10/h6-8,11H,3-5H2,1-2H3. The van der Waals surface area contributed by atoms with Crippen molar-refractivity contribution in [2.45, 2.75) is 26.4 Å². The van der Waals surface area contributed by atoms with E-state index in [-0.39, 0.29) is 13.1 Å². The van der Waals surface area contributed by atoms with Crippen LogP contribution in [-0.2, 0) is 0 Å². The van der Waals surface area contributed by atoms with Gasteiger partial charge in [0.2, 0.25) is 0 Å². The van der Waals surface area contributed by atoms with Gasteiger partial charge in [0, 0.05) is 19.6 Å². The van der Waals surface area contributed by atoms with E-state index in [4.69, 9.17) is 0 Å². The molecular weight excluding hydrogens is 162 g/mol. The molecule has 0 aromatic carbocycles. The Labute approximate surface area is 71.9 Å². The van der Waals surface area contributed by atoms with Gasteiger partial charge >= 0.3 is 0 Å². The van der Waals surface area contributed by atoms with Crippen molar-refractivity contribution in [2.75, 3.05) is 19.6 Å². The molecule has 2 unspecified atom stereocenters. The van der Waals surface area contributed by atoms with Crippen molar-refractivity contribution in [3.05, 3.63) is 0 Å². The first-order valence-electron chi connectivity index (χ1n) is 4.35. The summed E-state index contributed by atoms with van der Waals surface area (Å²) in [7, 11) is 0. The largest absolute Gasteiger partial charge is 0.282 e. The van der Waals surface area contributed by atoms with Crippen LogP contribution in [0.4, 0.5) is 8.78 Å². The van der Waals surface area contributed by atoms with Crippen molar-refractivity contribution in [3.8, 4) is 0 Å². The van der Waals surface area contributed by atoms with Crippen LogP contribution < -0.4 is 5.32 Å². The summed E-state index contributed by atoms with van der Waals surface area (Å²) in [5.74, 6) is 0.383. The molecule has 0 radical (unpaired) electrons. The number of nitrogens with one attached hydrogen (secondary N) is 1. The molecule has 1 aliphatic rings. The van der Waals surface area contributed by atoms with Gasteiger partial charge in [-0.1, -0.05) is 13.8 Å². The Hall–Kier alpha value is -0.220. The number of rotatable bonds is 2. The predicted octanol–water partition coefficient (Wildman–Crippen LogP) is 1.14. The summed E-state index contributed by atoms with van der Waals surface area (Å²) >= 11 is 0. The van der Waals surface area contributed by atoms with E-state index >= 15 is 0 Å². The van der Waals surface area contributed by atoms with Crippen LogP contribution in [-0.4, -0.2) is 37.1 Å². The second-order valence-electron chi connectivity index (χ2n) is 3.66. The van der Waals surface area contributed by atoms with Gasteiger partial charge in [0.15, 0.2) is 12.6 Å². The lowest BCUT2D eigenvalue weighted by Gasteiger charge is -2.33. The molecule has 1 saturated heterocycles. The summed E-state index contributed by atoms with van der Waals surface area (Å²) in [6.45, 7) is 4.90. The quantitative estimate of drug-likeness (QED) is 0.638. The number of halogens is 2. The molecule has 0 bridgehead atoms. The fourth-order valence-electron chi connectivity index (χ4n) is 1.40. The molecule has 0 aromatic rings. The average Bonchev–Trinajstić information content (AvgIpc) is 1.96. The molecule has 2 nitrogen and oxygen atoms in total. The summed E-state index contributed by atoms with van der Waals surface area (Å²) in [4.78, 5) is 1.55. The van der Waals surface area contributed by atoms with E-state index in [1.165, 1.54) is 0 Å². The van der Waals surface area contributed by atoms with E-state index in [1.54, 1.807) is 4.90 Å². The van der Waals surface area contributed by atoms with Crippen LogP contribution in [0.25, 0.3) is 0 Å². The molecule has 72 valence electrons. The first kappa shape index (κ1) is 9.86. The van der Waals surface area contributed by atoms with Crippen LogP contribution in [0.15, 0.2) is 0 Å².